The fourth-order valence-corrected chi connectivity index (χ4v) is 2.34. The molecule has 0 aliphatic rings. The molecule has 0 heterocycles. The molecule has 0 aromatic heterocycles. The molecule has 0 spiro atoms. The van der Waals surface area contributed by atoms with Gasteiger partial charge in [0.25, 0.3) is 0 Å². The molecule has 1 rings (SSSR count). The van der Waals surface area contributed by atoms with E-state index in [1.807, 2.05) is 50.3 Å². The molecule has 0 saturated heterocycles. The van der Waals surface area contributed by atoms with Gasteiger partial charge >= 0.3 is 0 Å². The van der Waals surface area contributed by atoms with Crippen molar-refractivity contribution in [2.24, 2.45) is 11.3 Å². The largest absolute Gasteiger partial charge is 0.347 e. The van der Waals surface area contributed by atoms with E-state index >= 15 is 0 Å². The molecule has 1 N–H and O–H groups in total. The van der Waals surface area contributed by atoms with E-state index in [1.54, 1.807) is 0 Å². The van der Waals surface area contributed by atoms with Crippen LogP contribution in [0.3, 0.4) is 0 Å². The van der Waals surface area contributed by atoms with Gasteiger partial charge in [-0.05, 0) is 31.2 Å². The highest BCUT2D eigenvalue weighted by Crippen LogP contribution is 2.30. The van der Waals surface area contributed by atoms with Crippen molar-refractivity contribution in [1.82, 2.24) is 5.32 Å². The Morgan fingerprint density at radius 2 is 1.75 bits per heavy atom. The molecule has 0 radical (unpaired) electrons. The first-order chi connectivity index (χ1) is 9.18. The van der Waals surface area contributed by atoms with E-state index in [0.717, 1.165) is 5.56 Å². The topological polar surface area (TPSA) is 29.1 Å². The zero-order valence-corrected chi connectivity index (χ0v) is 13.4. The predicted octanol–water partition coefficient (Wildman–Crippen LogP) is 4.28. The number of hydrogen-bond acceptors (Lipinski definition) is 1. The van der Waals surface area contributed by atoms with Crippen molar-refractivity contribution < 1.29 is 4.79 Å². The number of carbonyl (C=O) groups is 1. The van der Waals surface area contributed by atoms with E-state index in [9.17, 15) is 4.79 Å². The van der Waals surface area contributed by atoms with Gasteiger partial charge in [0.1, 0.15) is 0 Å². The Balaban J connectivity index is 2.90. The Bertz CT molecular complexity index is 454. The second kappa shape index (κ2) is 6.25. The molecule has 1 unspecified atom stereocenters. The highest BCUT2D eigenvalue weighted by Gasteiger charge is 2.33. The van der Waals surface area contributed by atoms with Crippen LogP contribution in [0.1, 0.15) is 46.6 Å². The van der Waals surface area contributed by atoms with Crippen LogP contribution >= 0.6 is 0 Å². The van der Waals surface area contributed by atoms with E-state index in [2.05, 4.69) is 32.7 Å². The van der Waals surface area contributed by atoms with Crippen molar-refractivity contribution in [3.05, 3.63) is 48.6 Å². The molecule has 2 heteroatoms. The van der Waals surface area contributed by atoms with Crippen LogP contribution in [-0.4, -0.2) is 5.91 Å². The molecule has 110 valence electrons. The maximum absolute atomic E-state index is 12.6. The zero-order valence-electron chi connectivity index (χ0n) is 13.4. The number of rotatable bonds is 5. The fourth-order valence-electron chi connectivity index (χ4n) is 2.34. The maximum atomic E-state index is 12.6. The van der Waals surface area contributed by atoms with Gasteiger partial charge in [-0.25, -0.2) is 0 Å². The van der Waals surface area contributed by atoms with E-state index < -0.39 is 0 Å². The molecule has 1 atom stereocenters. The molecular formula is C18H27NO. The second-order valence-corrected chi connectivity index (χ2v) is 6.92. The summed E-state index contributed by atoms with van der Waals surface area (Å²) in [4.78, 5) is 12.6. The Morgan fingerprint density at radius 3 is 2.20 bits per heavy atom. The zero-order chi connectivity index (χ0) is 15.4. The van der Waals surface area contributed by atoms with E-state index in [-0.39, 0.29) is 22.8 Å². The molecule has 0 bridgehead atoms. The number of hydrogen-bond donors (Lipinski definition) is 1. The molecule has 20 heavy (non-hydrogen) atoms. The highest BCUT2D eigenvalue weighted by molar-refractivity contribution is 5.80. The monoisotopic (exact) mass is 273 g/mol. The summed E-state index contributed by atoms with van der Waals surface area (Å²) in [7, 11) is 0. The van der Waals surface area contributed by atoms with Crippen molar-refractivity contribution in [1.29, 1.82) is 0 Å². The third kappa shape index (κ3) is 4.22. The van der Waals surface area contributed by atoms with Gasteiger partial charge in [-0.3, -0.25) is 4.79 Å². The highest BCUT2D eigenvalue weighted by atomic mass is 16.2. The summed E-state index contributed by atoms with van der Waals surface area (Å²) in [6, 6.07) is 10.1. The lowest BCUT2D eigenvalue weighted by Crippen LogP contribution is -2.46. The number of carbonyl (C=O) groups excluding carboxylic acids is 1. The Kier molecular flexibility index (Phi) is 5.15. The molecule has 1 amide bonds. The Morgan fingerprint density at radius 1 is 1.20 bits per heavy atom. The van der Waals surface area contributed by atoms with Crippen LogP contribution < -0.4 is 5.32 Å². The van der Waals surface area contributed by atoms with Crippen molar-refractivity contribution in [2.75, 3.05) is 0 Å². The van der Waals surface area contributed by atoms with Crippen molar-refractivity contribution >= 4 is 5.91 Å². The smallest absolute Gasteiger partial charge is 0.224 e. The minimum atomic E-state index is -0.372. The summed E-state index contributed by atoms with van der Waals surface area (Å²) in [6.45, 7) is 14.1. The summed E-state index contributed by atoms with van der Waals surface area (Å²) in [5.41, 5.74) is 0.660. The van der Waals surface area contributed by atoms with E-state index in [0.29, 0.717) is 6.42 Å². The maximum Gasteiger partial charge on any atom is 0.224 e. The van der Waals surface area contributed by atoms with E-state index in [4.69, 9.17) is 0 Å². The lowest BCUT2D eigenvalue weighted by atomic mass is 9.77. The van der Waals surface area contributed by atoms with E-state index in [1.165, 1.54) is 0 Å². The third-order valence-electron chi connectivity index (χ3n) is 3.70. The second-order valence-electron chi connectivity index (χ2n) is 6.92. The number of benzene rings is 1. The van der Waals surface area contributed by atoms with Gasteiger partial charge in [-0.2, -0.15) is 0 Å². The summed E-state index contributed by atoms with van der Waals surface area (Å²) in [5, 5.41) is 3.18. The standard InChI is InChI=1S/C18H27NO/c1-7-11-15(17(2,3)4)16(20)19-18(5,6)14-12-9-8-10-13-14/h7-10,12-13,15H,1,11H2,2-6H3,(H,19,20). The van der Waals surface area contributed by atoms with Crippen molar-refractivity contribution in [2.45, 2.75) is 46.6 Å². The summed E-state index contributed by atoms with van der Waals surface area (Å²) in [5.74, 6) is 0.0224. The number of allylic oxidation sites excluding steroid dienone is 1. The van der Waals surface area contributed by atoms with Crippen molar-refractivity contribution in [3.63, 3.8) is 0 Å². The fraction of sp³-hybridized carbons (Fsp3) is 0.500. The quantitative estimate of drug-likeness (QED) is 0.797. The summed E-state index contributed by atoms with van der Waals surface area (Å²) >= 11 is 0. The predicted molar refractivity (Wildman–Crippen MR) is 85.4 cm³/mol. The van der Waals surface area contributed by atoms with Crippen LogP contribution in [0.2, 0.25) is 0 Å². The van der Waals surface area contributed by atoms with Crippen LogP contribution in [0.25, 0.3) is 0 Å². The lowest BCUT2D eigenvalue weighted by molar-refractivity contribution is -0.129. The van der Waals surface area contributed by atoms with Gasteiger partial charge in [0.05, 0.1) is 5.54 Å². The molecule has 1 aromatic carbocycles. The first kappa shape index (κ1) is 16.5. The molecule has 0 saturated carbocycles. The molecular weight excluding hydrogens is 246 g/mol. The van der Waals surface area contributed by atoms with Crippen LogP contribution in [0, 0.1) is 11.3 Å². The molecule has 1 aromatic rings. The van der Waals surface area contributed by atoms with Crippen LogP contribution in [0.15, 0.2) is 43.0 Å². The molecule has 2 nitrogen and oxygen atoms in total. The number of amides is 1. The number of nitrogens with one attached hydrogen (secondary N) is 1. The van der Waals surface area contributed by atoms with Gasteiger partial charge in [-0.1, -0.05) is 57.2 Å². The normalized spacial score (nSPS) is 13.7. The van der Waals surface area contributed by atoms with Crippen LogP contribution in [0.4, 0.5) is 0 Å². The lowest BCUT2D eigenvalue weighted by Gasteiger charge is -2.34. The Hall–Kier alpha value is -1.57. The first-order valence-electron chi connectivity index (χ1n) is 7.17. The SMILES string of the molecule is C=CCC(C(=O)NC(C)(C)c1ccccc1)C(C)(C)C. The molecule has 0 aliphatic heterocycles. The third-order valence-corrected chi connectivity index (χ3v) is 3.70. The summed E-state index contributed by atoms with van der Waals surface area (Å²) in [6.07, 6.45) is 2.52. The average Bonchev–Trinajstić information content (AvgIpc) is 2.35. The summed E-state index contributed by atoms with van der Waals surface area (Å²) < 4.78 is 0. The van der Waals surface area contributed by atoms with Crippen molar-refractivity contribution in [3.8, 4) is 0 Å². The Labute approximate surface area is 123 Å². The first-order valence-corrected chi connectivity index (χ1v) is 7.17. The minimum Gasteiger partial charge on any atom is -0.347 e. The van der Waals surface area contributed by atoms with Gasteiger partial charge in [0, 0.05) is 5.92 Å². The molecule has 0 aliphatic carbocycles. The van der Waals surface area contributed by atoms with Crippen LogP contribution in [0.5, 0.6) is 0 Å². The van der Waals surface area contributed by atoms with Gasteiger partial charge in [0.15, 0.2) is 0 Å². The average molecular weight is 273 g/mol. The molecule has 0 fully saturated rings. The minimum absolute atomic E-state index is 0.0667. The van der Waals surface area contributed by atoms with Gasteiger partial charge < -0.3 is 5.32 Å². The van der Waals surface area contributed by atoms with Gasteiger partial charge in [-0.15, -0.1) is 6.58 Å². The van der Waals surface area contributed by atoms with Crippen LogP contribution in [-0.2, 0) is 10.3 Å². The van der Waals surface area contributed by atoms with Gasteiger partial charge in [0.2, 0.25) is 5.91 Å².